The van der Waals surface area contributed by atoms with Crippen molar-refractivity contribution in [2.75, 3.05) is 0 Å². The maximum Gasteiger partial charge on any atom is 0.223 e. The fraction of sp³-hybridized carbons (Fsp3) is 0.378. The summed E-state index contributed by atoms with van der Waals surface area (Å²) in [5.74, 6) is 0.116. The van der Waals surface area contributed by atoms with Crippen molar-refractivity contribution in [3.63, 3.8) is 0 Å². The smallest absolute Gasteiger partial charge is 0.223 e. The fourth-order valence-corrected chi connectivity index (χ4v) is 6.88. The molecule has 2 heterocycles. The Kier molecular flexibility index (Phi) is 8.96. The van der Waals surface area contributed by atoms with E-state index in [1.165, 1.54) is 22.3 Å². The van der Waals surface area contributed by atoms with E-state index in [1.807, 2.05) is 24.5 Å². The molecule has 2 N–H and O–H groups in total. The van der Waals surface area contributed by atoms with Crippen LogP contribution in [-0.4, -0.2) is 25.9 Å². The number of benzene rings is 2. The molecule has 43 heavy (non-hydrogen) atoms. The van der Waals surface area contributed by atoms with Gasteiger partial charge in [-0.05, 0) is 103 Å². The van der Waals surface area contributed by atoms with Crippen LogP contribution in [0.4, 0.5) is 0 Å². The summed E-state index contributed by atoms with van der Waals surface area (Å²) in [6, 6.07) is 21.3. The molecular weight excluding hydrogens is 532 g/mol. The molecule has 4 aromatic rings. The van der Waals surface area contributed by atoms with E-state index in [1.54, 1.807) is 0 Å². The Hall–Kier alpha value is -3.87. The number of carbonyl (C=O) groups excluding carboxylic acids is 1. The zero-order valence-electron chi connectivity index (χ0n) is 25.4. The zero-order valence-corrected chi connectivity index (χ0v) is 25.4. The van der Waals surface area contributed by atoms with Gasteiger partial charge in [0.1, 0.15) is 0 Å². The van der Waals surface area contributed by atoms with Gasteiger partial charge in [-0.1, -0.05) is 54.6 Å². The van der Waals surface area contributed by atoms with E-state index >= 15 is 0 Å². The van der Waals surface area contributed by atoms with Crippen molar-refractivity contribution in [2.45, 2.75) is 84.7 Å². The van der Waals surface area contributed by atoms with Crippen LogP contribution in [0, 0.1) is 19.8 Å². The first kappa shape index (κ1) is 29.2. The fourth-order valence-electron chi connectivity index (χ4n) is 6.88. The predicted octanol–water partition coefficient (Wildman–Crippen LogP) is 6.09. The Bertz CT molecular complexity index is 1600. The minimum Gasteiger partial charge on any atom is -0.392 e. The molecule has 2 aromatic heterocycles. The number of hydrogen-bond donors (Lipinski definition) is 2. The number of rotatable bonds is 9. The van der Waals surface area contributed by atoms with E-state index < -0.39 is 0 Å². The molecule has 2 aliphatic rings. The summed E-state index contributed by atoms with van der Waals surface area (Å²) >= 11 is 0. The van der Waals surface area contributed by atoms with Crippen molar-refractivity contribution in [1.29, 1.82) is 0 Å². The van der Waals surface area contributed by atoms with Gasteiger partial charge in [-0.2, -0.15) is 0 Å². The minimum absolute atomic E-state index is 0.00543. The summed E-state index contributed by atoms with van der Waals surface area (Å²) in [5.41, 5.74) is 11.6. The van der Waals surface area contributed by atoms with Crippen LogP contribution in [0.1, 0.15) is 81.2 Å². The topological polar surface area (TPSA) is 78.4 Å². The highest BCUT2D eigenvalue weighted by Crippen LogP contribution is 2.35. The molecule has 0 saturated heterocycles. The van der Waals surface area contributed by atoms with E-state index in [-0.39, 0.29) is 24.5 Å². The first-order chi connectivity index (χ1) is 21.0. The Morgan fingerprint density at radius 2 is 1.77 bits per heavy atom. The lowest BCUT2D eigenvalue weighted by Gasteiger charge is -2.35. The monoisotopic (exact) mass is 574 g/mol. The second-order valence-electron chi connectivity index (χ2n) is 12.3. The molecule has 0 aliphatic heterocycles. The number of aliphatic hydroxyl groups excluding tert-OH is 1. The number of nitrogens with one attached hydrogen (secondary N) is 1. The van der Waals surface area contributed by atoms with Crippen molar-refractivity contribution in [3.05, 3.63) is 129 Å². The third-order valence-electron chi connectivity index (χ3n) is 9.28. The van der Waals surface area contributed by atoms with Crippen LogP contribution in [0.25, 0.3) is 0 Å². The molecule has 0 fully saturated rings. The molecule has 1 unspecified atom stereocenters. The summed E-state index contributed by atoms with van der Waals surface area (Å²) in [7, 11) is 0. The SMILES string of the molecule is Cc1cnc(CN(Cc2ccc(CNC(=O)C3CCc4ccccc4C3)cc2CO)[C@H]2CCCc3cccnc32)c(C)c1. The highest BCUT2D eigenvalue weighted by Gasteiger charge is 2.29. The van der Waals surface area contributed by atoms with Crippen molar-refractivity contribution in [3.8, 4) is 0 Å². The average molecular weight is 575 g/mol. The Labute approximate surface area is 255 Å². The van der Waals surface area contributed by atoms with Gasteiger partial charge >= 0.3 is 0 Å². The van der Waals surface area contributed by atoms with Gasteiger partial charge in [-0.3, -0.25) is 19.7 Å². The lowest BCUT2D eigenvalue weighted by molar-refractivity contribution is -0.125. The van der Waals surface area contributed by atoms with Gasteiger partial charge in [0.2, 0.25) is 5.91 Å². The predicted molar refractivity (Wildman–Crippen MR) is 169 cm³/mol. The van der Waals surface area contributed by atoms with Gasteiger partial charge in [0.15, 0.2) is 0 Å². The third-order valence-corrected chi connectivity index (χ3v) is 9.28. The maximum absolute atomic E-state index is 13.1. The first-order valence-electron chi connectivity index (χ1n) is 15.6. The van der Waals surface area contributed by atoms with Gasteiger partial charge in [0.05, 0.1) is 24.0 Å². The van der Waals surface area contributed by atoms with Crippen LogP contribution in [-0.2, 0) is 50.3 Å². The molecule has 6 heteroatoms. The van der Waals surface area contributed by atoms with E-state index in [0.717, 1.165) is 72.2 Å². The molecule has 2 aromatic carbocycles. The summed E-state index contributed by atoms with van der Waals surface area (Å²) < 4.78 is 0. The number of amides is 1. The van der Waals surface area contributed by atoms with Crippen molar-refractivity contribution in [2.24, 2.45) is 5.92 Å². The summed E-state index contributed by atoms with van der Waals surface area (Å²) in [4.78, 5) is 25.2. The van der Waals surface area contributed by atoms with Crippen LogP contribution >= 0.6 is 0 Å². The van der Waals surface area contributed by atoms with Crippen LogP contribution < -0.4 is 5.32 Å². The van der Waals surface area contributed by atoms with E-state index in [2.05, 4.69) is 72.6 Å². The largest absolute Gasteiger partial charge is 0.392 e. The van der Waals surface area contributed by atoms with E-state index in [9.17, 15) is 9.90 Å². The highest BCUT2D eigenvalue weighted by atomic mass is 16.3. The lowest BCUT2D eigenvalue weighted by atomic mass is 9.83. The molecule has 0 spiro atoms. The molecular formula is C37H42N4O2. The summed E-state index contributed by atoms with van der Waals surface area (Å²) in [6.45, 7) is 6.01. The first-order valence-corrected chi connectivity index (χ1v) is 15.6. The standard InChI is InChI=1S/C37H42N4O2/c1-25-17-26(2)34(39-20-25)23-41(35-11-5-9-29-10-6-16-38-36(29)35)22-32-13-12-27(18-33(32)24-42)21-40-37(43)31-15-14-28-7-3-4-8-30(28)19-31/h3-4,6-8,10,12-13,16-18,20,31,35,42H,5,9,11,14-15,19,21-24H2,1-2H3,(H,40,43)/t31?,35-/m0/s1. The highest BCUT2D eigenvalue weighted by molar-refractivity contribution is 5.79. The molecule has 222 valence electrons. The Balaban J connectivity index is 1.19. The van der Waals surface area contributed by atoms with Crippen molar-refractivity contribution >= 4 is 5.91 Å². The number of aromatic nitrogens is 2. The molecule has 1 amide bonds. The van der Waals surface area contributed by atoms with Crippen LogP contribution in [0.15, 0.2) is 73.1 Å². The molecule has 0 radical (unpaired) electrons. The molecule has 0 saturated carbocycles. The van der Waals surface area contributed by atoms with Gasteiger partial charge < -0.3 is 10.4 Å². The summed E-state index contributed by atoms with van der Waals surface area (Å²) in [6.07, 6.45) is 9.71. The van der Waals surface area contributed by atoms with Crippen LogP contribution in [0.3, 0.4) is 0 Å². The second-order valence-corrected chi connectivity index (χ2v) is 12.3. The minimum atomic E-state index is -0.0499. The Morgan fingerprint density at radius 1 is 0.930 bits per heavy atom. The van der Waals surface area contributed by atoms with E-state index in [4.69, 9.17) is 9.97 Å². The quantitative estimate of drug-likeness (QED) is 0.253. The number of pyridine rings is 2. The average Bonchev–Trinajstić information content (AvgIpc) is 3.04. The van der Waals surface area contributed by atoms with Gasteiger partial charge in [0, 0.05) is 37.9 Å². The number of hydrogen-bond acceptors (Lipinski definition) is 5. The normalized spacial score (nSPS) is 17.8. The lowest BCUT2D eigenvalue weighted by Crippen LogP contribution is -2.34. The van der Waals surface area contributed by atoms with Crippen molar-refractivity contribution < 1.29 is 9.90 Å². The number of fused-ring (bicyclic) bond motifs is 2. The number of aliphatic hydroxyl groups is 1. The van der Waals surface area contributed by atoms with Gasteiger partial charge in [-0.25, -0.2) is 0 Å². The van der Waals surface area contributed by atoms with Crippen LogP contribution in [0.2, 0.25) is 0 Å². The number of carbonyl (C=O) groups is 1. The van der Waals surface area contributed by atoms with Crippen LogP contribution in [0.5, 0.6) is 0 Å². The molecule has 6 nitrogen and oxygen atoms in total. The molecule has 6 rings (SSSR count). The summed E-state index contributed by atoms with van der Waals surface area (Å²) in [5, 5.41) is 13.6. The maximum atomic E-state index is 13.1. The van der Waals surface area contributed by atoms with Gasteiger partial charge in [-0.15, -0.1) is 0 Å². The molecule has 0 bridgehead atoms. The number of aryl methyl sites for hydroxylation is 4. The third kappa shape index (κ3) is 6.71. The molecule has 2 aliphatic carbocycles. The molecule has 2 atom stereocenters. The zero-order chi connectivity index (χ0) is 29.8. The second kappa shape index (κ2) is 13.2. The number of nitrogens with zero attached hydrogens (tertiary/aromatic N) is 3. The van der Waals surface area contributed by atoms with E-state index in [0.29, 0.717) is 19.6 Å². The van der Waals surface area contributed by atoms with Gasteiger partial charge in [0.25, 0.3) is 0 Å². The Morgan fingerprint density at radius 3 is 2.60 bits per heavy atom. The van der Waals surface area contributed by atoms with Crippen molar-refractivity contribution in [1.82, 2.24) is 20.2 Å².